The lowest BCUT2D eigenvalue weighted by Gasteiger charge is -2.29. The first-order valence-corrected chi connectivity index (χ1v) is 9.95. The van der Waals surface area contributed by atoms with Gasteiger partial charge in [0.25, 0.3) is 0 Å². The Balaban J connectivity index is 2.12. The van der Waals surface area contributed by atoms with Crippen LogP contribution in [-0.2, 0) is 4.79 Å². The number of pyridine rings is 1. The fourth-order valence-electron chi connectivity index (χ4n) is 4.42. The largest absolute Gasteiger partial charge is 0.481 e. The molecule has 0 amide bonds. The molecule has 1 aliphatic carbocycles. The van der Waals surface area contributed by atoms with Gasteiger partial charge in [0.05, 0.1) is 11.1 Å². The molecule has 0 saturated heterocycles. The second-order valence-corrected chi connectivity index (χ2v) is 8.58. The average molecular weight is 494 g/mol. The lowest BCUT2D eigenvalue weighted by atomic mass is 9.79. The number of para-hydroxylation sites is 1. The molecule has 1 fully saturated rings. The number of benzene rings is 1. The second-order valence-electron chi connectivity index (χ2n) is 8.18. The van der Waals surface area contributed by atoms with E-state index in [-0.39, 0.29) is 11.6 Å². The van der Waals surface area contributed by atoms with E-state index < -0.39 is 51.7 Å². The number of ether oxygens (including phenoxy) is 1. The van der Waals surface area contributed by atoms with Crippen molar-refractivity contribution >= 4 is 17.6 Å². The van der Waals surface area contributed by atoms with Crippen LogP contribution in [0.2, 0.25) is 0 Å². The lowest BCUT2D eigenvalue weighted by Crippen LogP contribution is -2.39. The summed E-state index contributed by atoms with van der Waals surface area (Å²) in [4.78, 5) is 16.1. The molecule has 3 atom stereocenters. The Kier molecular flexibility index (Phi) is 6.21. The van der Waals surface area contributed by atoms with E-state index in [2.05, 4.69) is 4.98 Å². The maximum Gasteiger partial charge on any atom is 0.426 e. The van der Waals surface area contributed by atoms with Crippen molar-refractivity contribution < 1.29 is 41.0 Å². The van der Waals surface area contributed by atoms with Gasteiger partial charge < -0.3 is 9.84 Å². The number of carboxylic acids is 1. The number of aromatic nitrogens is 1. The van der Waals surface area contributed by atoms with Crippen LogP contribution in [0.15, 0.2) is 59.6 Å². The van der Waals surface area contributed by atoms with Crippen LogP contribution in [0.3, 0.4) is 0 Å². The van der Waals surface area contributed by atoms with Gasteiger partial charge in [-0.3, -0.25) is 4.79 Å². The van der Waals surface area contributed by atoms with Gasteiger partial charge in [-0.2, -0.15) is 26.3 Å². The van der Waals surface area contributed by atoms with Crippen molar-refractivity contribution in [3.63, 3.8) is 0 Å². The number of rotatable bonds is 6. The Morgan fingerprint density at radius 3 is 2.21 bits per heavy atom. The molecule has 1 aromatic heterocycles. The number of hydrogen-bond acceptors (Lipinski definition) is 3. The molecule has 0 spiro atoms. The molecule has 1 unspecified atom stereocenters. The average Bonchev–Trinajstić information content (AvgIpc) is 3.16. The quantitative estimate of drug-likeness (QED) is 0.443. The predicted molar refractivity (Wildman–Crippen MR) is 107 cm³/mol. The molecule has 1 N–H and O–H groups in total. The highest BCUT2D eigenvalue weighted by molar-refractivity contribution is 6.30. The smallest absolute Gasteiger partial charge is 0.426 e. The van der Waals surface area contributed by atoms with E-state index in [4.69, 9.17) is 16.3 Å². The Morgan fingerprint density at radius 1 is 1.09 bits per heavy atom. The first-order chi connectivity index (χ1) is 15.1. The molecule has 0 aliphatic heterocycles. The highest BCUT2D eigenvalue weighted by Crippen LogP contribution is 2.77. The Morgan fingerprint density at radius 2 is 1.70 bits per heavy atom. The summed E-state index contributed by atoms with van der Waals surface area (Å²) in [6.45, 7) is 2.32. The van der Waals surface area contributed by atoms with Gasteiger partial charge in [-0.05, 0) is 23.6 Å². The molecule has 1 aromatic carbocycles. The molecule has 4 nitrogen and oxygen atoms in total. The third kappa shape index (κ3) is 4.40. The van der Waals surface area contributed by atoms with Gasteiger partial charge in [-0.25, -0.2) is 4.98 Å². The Bertz CT molecular complexity index is 1070. The van der Waals surface area contributed by atoms with Crippen LogP contribution in [0.5, 0.6) is 11.6 Å². The minimum atomic E-state index is -5.15. The summed E-state index contributed by atoms with van der Waals surface area (Å²) in [5.41, 5.74) is -5.08. The monoisotopic (exact) mass is 493 g/mol. The Hall–Kier alpha value is -2.75. The number of carbonyl (C=O) groups is 1. The Labute approximate surface area is 189 Å². The molecule has 2 aromatic rings. The summed E-state index contributed by atoms with van der Waals surface area (Å²) in [5, 5.41) is 8.23. The maximum absolute atomic E-state index is 14.3. The zero-order chi connectivity index (χ0) is 24.8. The van der Waals surface area contributed by atoms with E-state index in [1.165, 1.54) is 24.3 Å². The fraction of sp³-hybridized carbons (Fsp3) is 0.364. The molecule has 0 radical (unpaired) electrons. The number of alkyl halides is 6. The SMILES string of the molecule is CC1(C)C(/C=C(/Cl)C(F)(F)F)[C@]1(C(=O)O)[C@H](c1cccc(Oc2ccccc2)n1)C(F)(F)F. The van der Waals surface area contributed by atoms with Crippen molar-refractivity contribution in [1.82, 2.24) is 4.98 Å². The molecule has 178 valence electrons. The minimum absolute atomic E-state index is 0.229. The number of carboxylic acid groups (broad SMARTS) is 1. The lowest BCUT2D eigenvalue weighted by molar-refractivity contribution is -0.184. The normalized spacial score (nSPS) is 23.7. The number of allylic oxidation sites excluding steroid dienone is 2. The van der Waals surface area contributed by atoms with Crippen molar-refractivity contribution in [2.24, 2.45) is 16.7 Å². The topological polar surface area (TPSA) is 59.4 Å². The van der Waals surface area contributed by atoms with Gasteiger partial charge in [-0.1, -0.05) is 55.8 Å². The first kappa shape index (κ1) is 24.9. The van der Waals surface area contributed by atoms with Crippen molar-refractivity contribution in [2.45, 2.75) is 32.1 Å². The summed E-state index contributed by atoms with van der Waals surface area (Å²) in [6.07, 6.45) is -9.83. The van der Waals surface area contributed by atoms with Crippen molar-refractivity contribution in [3.05, 3.63) is 65.3 Å². The van der Waals surface area contributed by atoms with Gasteiger partial charge in [0.1, 0.15) is 16.7 Å². The molecule has 3 rings (SSSR count). The molecule has 1 saturated carbocycles. The van der Waals surface area contributed by atoms with Gasteiger partial charge >= 0.3 is 18.3 Å². The van der Waals surface area contributed by atoms with Gasteiger partial charge in [0.15, 0.2) is 0 Å². The van der Waals surface area contributed by atoms with E-state index in [9.17, 15) is 36.2 Å². The molecule has 0 bridgehead atoms. The molecule has 1 heterocycles. The molecule has 11 heteroatoms. The van der Waals surface area contributed by atoms with Gasteiger partial charge in [-0.15, -0.1) is 0 Å². The van der Waals surface area contributed by atoms with E-state index in [0.29, 0.717) is 6.08 Å². The summed E-state index contributed by atoms with van der Waals surface area (Å²) in [5.74, 6) is -6.24. The van der Waals surface area contributed by atoms with Crippen LogP contribution < -0.4 is 4.74 Å². The van der Waals surface area contributed by atoms with Crippen LogP contribution >= 0.6 is 11.6 Å². The van der Waals surface area contributed by atoms with Gasteiger partial charge in [0, 0.05) is 12.0 Å². The molecular formula is C22H18ClF6NO3. The third-order valence-electron chi connectivity index (χ3n) is 5.98. The van der Waals surface area contributed by atoms with Crippen molar-refractivity contribution in [1.29, 1.82) is 0 Å². The number of halogens is 7. The minimum Gasteiger partial charge on any atom is -0.481 e. The highest BCUT2D eigenvalue weighted by atomic mass is 35.5. The predicted octanol–water partition coefficient (Wildman–Crippen LogP) is 6.93. The maximum atomic E-state index is 14.3. The van der Waals surface area contributed by atoms with E-state index in [0.717, 1.165) is 19.9 Å². The standard InChI is InChI=1S/C22H18ClF6NO3/c1-19(2)14(11-15(23)21(24,25)26)20(19,18(31)32)17(22(27,28)29)13-9-6-10-16(30-13)33-12-7-4-3-5-8-12/h3-11,14,17H,1-2H3,(H,31,32)/b15-11+/t14?,17-,20+/m0/s1. The molecule has 1 aliphatic rings. The number of nitrogens with zero attached hydrogens (tertiary/aromatic N) is 1. The third-order valence-corrected chi connectivity index (χ3v) is 6.32. The summed E-state index contributed by atoms with van der Waals surface area (Å²) >= 11 is 5.26. The highest BCUT2D eigenvalue weighted by Gasteiger charge is 2.82. The molecule has 33 heavy (non-hydrogen) atoms. The van der Waals surface area contributed by atoms with Gasteiger partial charge in [0.2, 0.25) is 5.88 Å². The van der Waals surface area contributed by atoms with Crippen LogP contribution in [-0.4, -0.2) is 28.4 Å². The zero-order valence-electron chi connectivity index (χ0n) is 17.2. The summed E-state index contributed by atoms with van der Waals surface area (Å²) in [7, 11) is 0. The summed E-state index contributed by atoms with van der Waals surface area (Å²) < 4.78 is 87.3. The first-order valence-electron chi connectivity index (χ1n) is 9.58. The number of hydrogen-bond donors (Lipinski definition) is 1. The zero-order valence-corrected chi connectivity index (χ0v) is 18.0. The van der Waals surface area contributed by atoms with Crippen LogP contribution in [0.1, 0.15) is 25.5 Å². The second kappa shape index (κ2) is 8.23. The van der Waals surface area contributed by atoms with Crippen molar-refractivity contribution in [3.8, 4) is 11.6 Å². The number of aliphatic carboxylic acids is 1. The van der Waals surface area contributed by atoms with Crippen LogP contribution in [0, 0.1) is 16.7 Å². The van der Waals surface area contributed by atoms with E-state index in [1.807, 2.05) is 0 Å². The van der Waals surface area contributed by atoms with Crippen LogP contribution in [0.25, 0.3) is 0 Å². The van der Waals surface area contributed by atoms with Crippen LogP contribution in [0.4, 0.5) is 26.3 Å². The fourth-order valence-corrected chi connectivity index (χ4v) is 4.54. The molecular weight excluding hydrogens is 476 g/mol. The van der Waals surface area contributed by atoms with Crippen molar-refractivity contribution in [2.75, 3.05) is 0 Å². The van der Waals surface area contributed by atoms with E-state index in [1.54, 1.807) is 18.2 Å². The van der Waals surface area contributed by atoms with E-state index >= 15 is 0 Å². The summed E-state index contributed by atoms with van der Waals surface area (Å²) in [6, 6.07) is 11.5.